The van der Waals surface area contributed by atoms with Gasteiger partial charge in [0.15, 0.2) is 18.7 Å². The van der Waals surface area contributed by atoms with Crippen molar-refractivity contribution in [1.29, 1.82) is 0 Å². The van der Waals surface area contributed by atoms with E-state index in [4.69, 9.17) is 0 Å². The Kier molecular flexibility index (Phi) is 4.18. The predicted molar refractivity (Wildman–Crippen MR) is 33.0 cm³/mol. The zero-order valence-corrected chi connectivity index (χ0v) is 7.78. The summed E-state index contributed by atoms with van der Waals surface area (Å²) in [7, 11) is 1.88. The fraction of sp³-hybridized carbons (Fsp3) is 0.143. The molecule has 0 aliphatic rings. The summed E-state index contributed by atoms with van der Waals surface area (Å²) in [5, 5.41) is 0. The van der Waals surface area contributed by atoms with Gasteiger partial charge < -0.3 is 24.0 Å². The summed E-state index contributed by atoms with van der Waals surface area (Å²) in [5.74, 6) is 0. The molecule has 3 heteroatoms. The molecular weight excluding hydrogens is 241 g/mol. The molecular formula is C7H8INO. The highest BCUT2D eigenvalue weighted by Crippen LogP contribution is 1.85. The van der Waals surface area contributed by atoms with Crippen LogP contribution in [0.2, 0.25) is 0 Å². The Labute approximate surface area is 76.9 Å². The maximum atomic E-state index is 10.1. The maximum Gasteiger partial charge on any atom is 0.179 e. The van der Waals surface area contributed by atoms with Crippen molar-refractivity contribution in [1.82, 2.24) is 0 Å². The van der Waals surface area contributed by atoms with Crippen LogP contribution in [0.15, 0.2) is 24.5 Å². The lowest BCUT2D eigenvalue weighted by molar-refractivity contribution is -0.671. The summed E-state index contributed by atoms with van der Waals surface area (Å²) in [6.07, 6.45) is 4.49. The van der Waals surface area contributed by atoms with Crippen LogP contribution in [0.3, 0.4) is 0 Å². The van der Waals surface area contributed by atoms with E-state index < -0.39 is 0 Å². The highest BCUT2D eigenvalue weighted by atomic mass is 127. The van der Waals surface area contributed by atoms with Crippen LogP contribution in [0.1, 0.15) is 10.4 Å². The first-order valence-corrected chi connectivity index (χ1v) is 2.73. The third kappa shape index (κ3) is 2.43. The van der Waals surface area contributed by atoms with Gasteiger partial charge in [0.05, 0.1) is 5.56 Å². The molecule has 0 radical (unpaired) electrons. The minimum Gasteiger partial charge on any atom is -1.00 e. The van der Waals surface area contributed by atoms with Crippen molar-refractivity contribution in [3.05, 3.63) is 30.1 Å². The number of hydrogen-bond donors (Lipinski definition) is 0. The summed E-state index contributed by atoms with van der Waals surface area (Å²) < 4.78 is 1.84. The van der Waals surface area contributed by atoms with Crippen molar-refractivity contribution >= 4 is 6.29 Å². The lowest BCUT2D eigenvalue weighted by atomic mass is 10.3. The average Bonchev–Trinajstić information content (AvgIpc) is 1.88. The van der Waals surface area contributed by atoms with Crippen LogP contribution in [0, 0.1) is 0 Å². The second-order valence-electron chi connectivity index (χ2n) is 1.92. The minimum absolute atomic E-state index is 0. The number of pyridine rings is 1. The molecule has 0 fully saturated rings. The number of halogens is 1. The van der Waals surface area contributed by atoms with E-state index in [1.807, 2.05) is 23.9 Å². The van der Waals surface area contributed by atoms with E-state index in [9.17, 15) is 4.79 Å². The molecule has 1 aromatic rings. The highest BCUT2D eigenvalue weighted by Gasteiger charge is 1.92. The number of aryl methyl sites for hydroxylation is 1. The standard InChI is InChI=1S/C7H8NO.HI/c1-8-4-2-3-7(5-8)6-9;/h2-6H,1H3;1H/q+1;/p-1. The Morgan fingerprint density at radius 3 is 2.70 bits per heavy atom. The van der Waals surface area contributed by atoms with Crippen LogP contribution in [0.5, 0.6) is 0 Å². The van der Waals surface area contributed by atoms with Gasteiger partial charge in [0.1, 0.15) is 7.05 Å². The zero-order valence-electron chi connectivity index (χ0n) is 5.62. The summed E-state index contributed by atoms with van der Waals surface area (Å²) >= 11 is 0. The normalized spacial score (nSPS) is 8.10. The summed E-state index contributed by atoms with van der Waals surface area (Å²) in [4.78, 5) is 10.1. The molecule has 0 aliphatic carbocycles. The molecule has 0 saturated heterocycles. The van der Waals surface area contributed by atoms with Crippen LogP contribution >= 0.6 is 0 Å². The van der Waals surface area contributed by atoms with Crippen molar-refractivity contribution in [2.75, 3.05) is 0 Å². The lowest BCUT2D eigenvalue weighted by Crippen LogP contribution is -3.00. The molecule has 0 spiro atoms. The Hall–Kier alpha value is -0.450. The molecule has 0 unspecified atom stereocenters. The van der Waals surface area contributed by atoms with E-state index in [0.717, 1.165) is 6.29 Å². The van der Waals surface area contributed by atoms with Gasteiger partial charge in [-0.3, -0.25) is 4.79 Å². The molecule has 10 heavy (non-hydrogen) atoms. The number of aromatic nitrogens is 1. The van der Waals surface area contributed by atoms with Crippen LogP contribution in [-0.4, -0.2) is 6.29 Å². The molecule has 1 aromatic heterocycles. The summed E-state index contributed by atoms with van der Waals surface area (Å²) in [6, 6.07) is 3.61. The third-order valence-corrected chi connectivity index (χ3v) is 1.10. The van der Waals surface area contributed by atoms with Crippen molar-refractivity contribution < 1.29 is 33.3 Å². The Morgan fingerprint density at radius 2 is 2.30 bits per heavy atom. The van der Waals surface area contributed by atoms with E-state index in [1.165, 1.54) is 0 Å². The second kappa shape index (κ2) is 4.38. The van der Waals surface area contributed by atoms with Gasteiger partial charge in [-0.1, -0.05) is 0 Å². The first-order chi connectivity index (χ1) is 4.33. The Morgan fingerprint density at radius 1 is 1.60 bits per heavy atom. The van der Waals surface area contributed by atoms with Gasteiger partial charge in [0.25, 0.3) is 0 Å². The largest absolute Gasteiger partial charge is 1.00 e. The summed E-state index contributed by atoms with van der Waals surface area (Å²) in [6.45, 7) is 0. The molecule has 0 aliphatic heterocycles. The molecule has 0 amide bonds. The third-order valence-electron chi connectivity index (χ3n) is 1.10. The number of hydrogen-bond acceptors (Lipinski definition) is 1. The van der Waals surface area contributed by atoms with Crippen LogP contribution in [0.4, 0.5) is 0 Å². The number of aldehydes is 1. The van der Waals surface area contributed by atoms with Gasteiger partial charge in [0.2, 0.25) is 0 Å². The first kappa shape index (κ1) is 9.55. The molecule has 1 heterocycles. The lowest BCUT2D eigenvalue weighted by Gasteiger charge is -1.84. The van der Waals surface area contributed by atoms with E-state index in [0.29, 0.717) is 5.56 Å². The molecule has 0 atom stereocenters. The topological polar surface area (TPSA) is 20.9 Å². The van der Waals surface area contributed by atoms with Crippen molar-refractivity contribution in [2.24, 2.45) is 7.05 Å². The summed E-state index contributed by atoms with van der Waals surface area (Å²) in [5.41, 5.74) is 0.708. The van der Waals surface area contributed by atoms with Gasteiger partial charge in [-0.2, -0.15) is 0 Å². The van der Waals surface area contributed by atoms with E-state index in [2.05, 4.69) is 0 Å². The van der Waals surface area contributed by atoms with E-state index in [1.54, 1.807) is 12.3 Å². The van der Waals surface area contributed by atoms with Gasteiger partial charge >= 0.3 is 0 Å². The van der Waals surface area contributed by atoms with E-state index in [-0.39, 0.29) is 24.0 Å². The molecule has 2 nitrogen and oxygen atoms in total. The molecule has 0 saturated carbocycles. The molecule has 0 N–H and O–H groups in total. The molecule has 1 rings (SSSR count). The SMILES string of the molecule is C[n+]1cccc(C=O)c1.[I-]. The quantitative estimate of drug-likeness (QED) is 0.302. The van der Waals surface area contributed by atoms with Gasteiger partial charge in [0, 0.05) is 6.07 Å². The van der Waals surface area contributed by atoms with Crippen LogP contribution in [-0.2, 0) is 7.05 Å². The highest BCUT2D eigenvalue weighted by molar-refractivity contribution is 5.73. The number of carbonyl (C=O) groups is 1. The monoisotopic (exact) mass is 249 g/mol. The molecule has 0 aromatic carbocycles. The van der Waals surface area contributed by atoms with Gasteiger partial charge in [-0.25, -0.2) is 4.57 Å². The Balaban J connectivity index is 0.000000810. The van der Waals surface area contributed by atoms with Gasteiger partial charge in [-0.05, 0) is 6.07 Å². The fourth-order valence-electron chi connectivity index (χ4n) is 0.681. The maximum absolute atomic E-state index is 10.1. The van der Waals surface area contributed by atoms with Gasteiger partial charge in [-0.15, -0.1) is 0 Å². The first-order valence-electron chi connectivity index (χ1n) is 2.73. The minimum atomic E-state index is 0. The fourth-order valence-corrected chi connectivity index (χ4v) is 0.681. The van der Waals surface area contributed by atoms with Crippen LogP contribution < -0.4 is 28.5 Å². The number of nitrogens with zero attached hydrogens (tertiary/aromatic N) is 1. The number of carbonyl (C=O) groups excluding carboxylic acids is 1. The predicted octanol–water partition coefficient (Wildman–Crippen LogP) is -2.67. The van der Waals surface area contributed by atoms with Crippen molar-refractivity contribution in [2.45, 2.75) is 0 Å². The zero-order chi connectivity index (χ0) is 6.69. The van der Waals surface area contributed by atoms with Crippen LogP contribution in [0.25, 0.3) is 0 Å². The second-order valence-corrected chi connectivity index (χ2v) is 1.92. The Bertz CT molecular complexity index is 225. The average molecular weight is 249 g/mol. The number of rotatable bonds is 1. The molecule has 0 bridgehead atoms. The molecule has 54 valence electrons. The van der Waals surface area contributed by atoms with Crippen molar-refractivity contribution in [3.8, 4) is 0 Å². The smallest absolute Gasteiger partial charge is 0.179 e. The van der Waals surface area contributed by atoms with E-state index >= 15 is 0 Å². The van der Waals surface area contributed by atoms with Crippen molar-refractivity contribution in [3.63, 3.8) is 0 Å².